The van der Waals surface area contributed by atoms with Gasteiger partial charge >= 0.3 is 6.03 Å². The van der Waals surface area contributed by atoms with Crippen molar-refractivity contribution in [2.45, 2.75) is 6.54 Å². The third-order valence-corrected chi connectivity index (χ3v) is 3.61. The predicted octanol–water partition coefficient (Wildman–Crippen LogP) is 1.95. The number of nitrogens with zero attached hydrogens (tertiary/aromatic N) is 3. The zero-order valence-corrected chi connectivity index (χ0v) is 14.1. The molecule has 3 amide bonds. The van der Waals surface area contributed by atoms with E-state index < -0.39 is 0 Å². The lowest BCUT2D eigenvalue weighted by Crippen LogP contribution is -2.28. The zero-order chi connectivity index (χ0) is 18.4. The van der Waals surface area contributed by atoms with E-state index in [1.54, 1.807) is 60.7 Å². The van der Waals surface area contributed by atoms with Crippen molar-refractivity contribution in [1.82, 2.24) is 25.4 Å². The average Bonchev–Trinajstić information content (AvgIpc) is 3.17. The van der Waals surface area contributed by atoms with Crippen LogP contribution < -0.4 is 16.0 Å². The van der Waals surface area contributed by atoms with Gasteiger partial charge in [-0.05, 0) is 42.0 Å². The Bertz CT molecular complexity index is 890. The second-order valence-electron chi connectivity index (χ2n) is 5.44. The molecule has 8 heteroatoms. The summed E-state index contributed by atoms with van der Waals surface area (Å²) in [4.78, 5) is 27.5. The van der Waals surface area contributed by atoms with Crippen molar-refractivity contribution >= 4 is 17.6 Å². The lowest BCUT2D eigenvalue weighted by atomic mass is 10.3. The van der Waals surface area contributed by atoms with Crippen LogP contribution in [0.4, 0.5) is 10.5 Å². The molecule has 0 radical (unpaired) electrons. The Kier molecular flexibility index (Phi) is 5.23. The smallest absolute Gasteiger partial charge is 0.319 e. The molecule has 0 bridgehead atoms. The lowest BCUT2D eigenvalue weighted by Gasteiger charge is -2.08. The molecule has 3 N–H and O–H groups in total. The van der Waals surface area contributed by atoms with Gasteiger partial charge < -0.3 is 16.0 Å². The summed E-state index contributed by atoms with van der Waals surface area (Å²) >= 11 is 0. The van der Waals surface area contributed by atoms with Crippen LogP contribution in [-0.2, 0) is 6.54 Å². The van der Waals surface area contributed by atoms with Gasteiger partial charge in [-0.25, -0.2) is 9.48 Å². The van der Waals surface area contributed by atoms with E-state index >= 15 is 0 Å². The molecule has 0 unspecified atom stereocenters. The van der Waals surface area contributed by atoms with Crippen LogP contribution >= 0.6 is 0 Å². The Balaban J connectivity index is 1.58. The molecule has 0 aliphatic heterocycles. The molecular formula is C18H18N6O2. The van der Waals surface area contributed by atoms with E-state index in [0.29, 0.717) is 17.9 Å². The molecule has 3 aromatic rings. The van der Waals surface area contributed by atoms with Gasteiger partial charge in [-0.2, -0.15) is 5.10 Å². The fraction of sp³-hybridized carbons (Fsp3) is 0.111. The van der Waals surface area contributed by atoms with Gasteiger partial charge in [0.2, 0.25) is 0 Å². The first-order chi connectivity index (χ1) is 12.7. The van der Waals surface area contributed by atoms with Crippen molar-refractivity contribution in [3.05, 3.63) is 72.3 Å². The van der Waals surface area contributed by atoms with Crippen molar-refractivity contribution in [3.63, 3.8) is 0 Å². The van der Waals surface area contributed by atoms with Gasteiger partial charge in [0.15, 0.2) is 5.69 Å². The van der Waals surface area contributed by atoms with Crippen LogP contribution in [0.25, 0.3) is 5.69 Å². The van der Waals surface area contributed by atoms with E-state index in [0.717, 1.165) is 11.3 Å². The standard InChI is InChI=1S/C18H18N6O2/c1-19-17(25)16-8-10-24(23-16)15-6-4-14(5-7-15)22-18(26)21-12-13-3-2-9-20-11-13/h2-11H,12H2,1H3,(H,19,25)(H2,21,22,26). The Morgan fingerprint density at radius 1 is 1.12 bits per heavy atom. The minimum absolute atomic E-state index is 0.243. The predicted molar refractivity (Wildman–Crippen MR) is 97.0 cm³/mol. The number of carbonyl (C=O) groups is 2. The largest absolute Gasteiger partial charge is 0.354 e. The molecule has 26 heavy (non-hydrogen) atoms. The number of hydrogen-bond donors (Lipinski definition) is 3. The van der Waals surface area contributed by atoms with Gasteiger partial charge in [-0.3, -0.25) is 9.78 Å². The van der Waals surface area contributed by atoms with E-state index in [-0.39, 0.29) is 11.9 Å². The molecule has 1 aromatic carbocycles. The van der Waals surface area contributed by atoms with E-state index in [4.69, 9.17) is 0 Å². The van der Waals surface area contributed by atoms with Crippen LogP contribution in [0.3, 0.4) is 0 Å². The van der Waals surface area contributed by atoms with Gasteiger partial charge in [0.25, 0.3) is 5.91 Å². The van der Waals surface area contributed by atoms with Crippen LogP contribution in [0.15, 0.2) is 61.1 Å². The van der Waals surface area contributed by atoms with Gasteiger partial charge in [0.05, 0.1) is 5.69 Å². The summed E-state index contributed by atoms with van der Waals surface area (Å²) in [6, 6.07) is 12.2. The van der Waals surface area contributed by atoms with Crippen molar-refractivity contribution in [2.75, 3.05) is 12.4 Å². The molecule has 2 heterocycles. The molecule has 0 saturated heterocycles. The molecule has 0 aliphatic rings. The number of rotatable bonds is 5. The minimum atomic E-state index is -0.303. The SMILES string of the molecule is CNC(=O)c1ccn(-c2ccc(NC(=O)NCc3cccnc3)cc2)n1. The summed E-state index contributed by atoms with van der Waals surface area (Å²) in [6.45, 7) is 0.396. The fourth-order valence-corrected chi connectivity index (χ4v) is 2.27. The summed E-state index contributed by atoms with van der Waals surface area (Å²) in [6.07, 6.45) is 5.09. The van der Waals surface area contributed by atoms with Crippen molar-refractivity contribution in [1.29, 1.82) is 0 Å². The van der Waals surface area contributed by atoms with Crippen LogP contribution in [0.1, 0.15) is 16.1 Å². The molecule has 8 nitrogen and oxygen atoms in total. The van der Waals surface area contributed by atoms with Crippen molar-refractivity contribution in [3.8, 4) is 5.69 Å². The summed E-state index contributed by atoms with van der Waals surface area (Å²) < 4.78 is 1.59. The topological polar surface area (TPSA) is 101 Å². The van der Waals surface area contributed by atoms with Gasteiger partial charge in [-0.15, -0.1) is 0 Å². The Morgan fingerprint density at radius 2 is 1.92 bits per heavy atom. The molecule has 132 valence electrons. The van der Waals surface area contributed by atoms with Crippen LogP contribution in [-0.4, -0.2) is 33.8 Å². The number of urea groups is 1. The second kappa shape index (κ2) is 7.93. The maximum atomic E-state index is 11.9. The first-order valence-electron chi connectivity index (χ1n) is 7.97. The summed E-state index contributed by atoms with van der Waals surface area (Å²) in [5, 5.41) is 12.3. The number of amides is 3. The summed E-state index contributed by atoms with van der Waals surface area (Å²) in [7, 11) is 1.56. The highest BCUT2D eigenvalue weighted by molar-refractivity contribution is 5.92. The van der Waals surface area contributed by atoms with E-state index in [1.807, 2.05) is 12.1 Å². The first kappa shape index (κ1) is 17.2. The Hall–Kier alpha value is -3.68. The van der Waals surface area contributed by atoms with Crippen LogP contribution in [0.2, 0.25) is 0 Å². The molecular weight excluding hydrogens is 332 g/mol. The van der Waals surface area contributed by atoms with Crippen molar-refractivity contribution < 1.29 is 9.59 Å². The second-order valence-corrected chi connectivity index (χ2v) is 5.44. The summed E-state index contributed by atoms with van der Waals surface area (Å²) in [5.41, 5.74) is 2.69. The molecule has 3 rings (SSSR count). The molecule has 0 atom stereocenters. The lowest BCUT2D eigenvalue weighted by molar-refractivity contribution is 0.0957. The van der Waals surface area contributed by atoms with Crippen LogP contribution in [0, 0.1) is 0 Å². The monoisotopic (exact) mass is 350 g/mol. The first-order valence-corrected chi connectivity index (χ1v) is 7.97. The minimum Gasteiger partial charge on any atom is -0.354 e. The van der Waals surface area contributed by atoms with E-state index in [2.05, 4.69) is 26.0 Å². The van der Waals surface area contributed by atoms with Crippen LogP contribution in [0.5, 0.6) is 0 Å². The Labute approximate surface area is 150 Å². The normalized spacial score (nSPS) is 10.2. The fourth-order valence-electron chi connectivity index (χ4n) is 2.27. The number of hydrogen-bond acceptors (Lipinski definition) is 4. The van der Waals surface area contributed by atoms with Gasteiger partial charge in [0.1, 0.15) is 0 Å². The highest BCUT2D eigenvalue weighted by atomic mass is 16.2. The average molecular weight is 350 g/mol. The van der Waals surface area contributed by atoms with Gasteiger partial charge in [0, 0.05) is 37.9 Å². The maximum absolute atomic E-state index is 11.9. The maximum Gasteiger partial charge on any atom is 0.319 e. The number of anilines is 1. The molecule has 0 aliphatic carbocycles. The third-order valence-electron chi connectivity index (χ3n) is 3.61. The van der Waals surface area contributed by atoms with Gasteiger partial charge in [-0.1, -0.05) is 6.07 Å². The molecule has 0 spiro atoms. The number of aromatic nitrogens is 3. The third kappa shape index (κ3) is 4.23. The van der Waals surface area contributed by atoms with E-state index in [1.165, 1.54) is 0 Å². The molecule has 2 aromatic heterocycles. The number of carbonyl (C=O) groups excluding carboxylic acids is 2. The molecule has 0 fully saturated rings. The summed E-state index contributed by atoms with van der Waals surface area (Å²) in [5.74, 6) is -0.243. The van der Waals surface area contributed by atoms with Crippen molar-refractivity contribution in [2.24, 2.45) is 0 Å². The van der Waals surface area contributed by atoms with E-state index in [9.17, 15) is 9.59 Å². The quantitative estimate of drug-likeness (QED) is 0.655. The highest BCUT2D eigenvalue weighted by Gasteiger charge is 2.08. The highest BCUT2D eigenvalue weighted by Crippen LogP contribution is 2.13. The number of benzene rings is 1. The molecule has 0 saturated carbocycles. The number of nitrogens with one attached hydrogen (secondary N) is 3. The zero-order valence-electron chi connectivity index (χ0n) is 14.1. The number of pyridine rings is 1. The Morgan fingerprint density at radius 3 is 2.62 bits per heavy atom.